The van der Waals surface area contributed by atoms with Gasteiger partial charge in [-0.3, -0.25) is 14.1 Å². The zero-order valence-corrected chi connectivity index (χ0v) is 37.2. The molecular formula is C45H84O12S. The number of esters is 2. The van der Waals surface area contributed by atoms with Crippen molar-refractivity contribution in [3.8, 4) is 0 Å². The molecule has 13 heteroatoms. The van der Waals surface area contributed by atoms with Gasteiger partial charge in [0.05, 0.1) is 6.61 Å². The zero-order valence-electron chi connectivity index (χ0n) is 36.4. The van der Waals surface area contributed by atoms with Crippen LogP contribution in [0.3, 0.4) is 0 Å². The molecule has 1 aliphatic rings. The number of hydrogen-bond donors (Lipinski definition) is 4. The van der Waals surface area contributed by atoms with Gasteiger partial charge in [0.1, 0.15) is 36.8 Å². The maximum absolute atomic E-state index is 12.8. The summed E-state index contributed by atoms with van der Waals surface area (Å²) in [6, 6.07) is 0. The lowest BCUT2D eigenvalue weighted by Gasteiger charge is -2.40. The lowest BCUT2D eigenvalue weighted by molar-refractivity contribution is -0.297. The van der Waals surface area contributed by atoms with Crippen LogP contribution in [0.5, 0.6) is 0 Å². The number of unbranched alkanes of at least 4 members (excludes halogenated alkanes) is 25. The fourth-order valence-electron chi connectivity index (χ4n) is 7.19. The number of aliphatic hydroxyl groups is 3. The van der Waals surface area contributed by atoms with Gasteiger partial charge in [-0.15, -0.1) is 0 Å². The van der Waals surface area contributed by atoms with Crippen molar-refractivity contribution in [1.29, 1.82) is 0 Å². The third-order valence-electron chi connectivity index (χ3n) is 10.8. The quantitative estimate of drug-likeness (QED) is 0.0199. The number of ether oxygens (including phenoxy) is 4. The van der Waals surface area contributed by atoms with E-state index in [1.807, 2.05) is 0 Å². The molecule has 4 N–H and O–H groups in total. The van der Waals surface area contributed by atoms with E-state index in [2.05, 4.69) is 26.0 Å². The predicted molar refractivity (Wildman–Crippen MR) is 229 cm³/mol. The maximum Gasteiger partial charge on any atom is 0.306 e. The summed E-state index contributed by atoms with van der Waals surface area (Å²) in [4.78, 5) is 25.4. The Balaban J connectivity index is 2.42. The Morgan fingerprint density at radius 1 is 0.569 bits per heavy atom. The fourth-order valence-corrected chi connectivity index (χ4v) is 7.88. The number of carbonyl (C=O) groups is 2. The molecule has 0 spiro atoms. The molecule has 342 valence electrons. The van der Waals surface area contributed by atoms with Crippen LogP contribution in [0, 0.1) is 0 Å². The number of allylic oxidation sites excluding steroid dienone is 2. The van der Waals surface area contributed by atoms with Crippen molar-refractivity contribution in [3.63, 3.8) is 0 Å². The highest BCUT2D eigenvalue weighted by atomic mass is 32.2. The average Bonchev–Trinajstić information content (AvgIpc) is 3.18. The molecule has 0 saturated carbocycles. The second-order valence-corrected chi connectivity index (χ2v) is 17.9. The SMILES string of the molecule is CCCC/C=C/CCCCCCCCCCCC(=O)OC[C@H](CO[C@H]1O[C@H](CS(=O)(=O)O)[C@@H](O)C(O)C1O)OC(=O)CCCCCCCCCCCCCCCCC. The minimum Gasteiger partial charge on any atom is -0.462 e. The van der Waals surface area contributed by atoms with Crippen LogP contribution in [0.1, 0.15) is 206 Å². The first-order valence-corrected chi connectivity index (χ1v) is 24.9. The minimum atomic E-state index is -4.60. The second-order valence-electron chi connectivity index (χ2n) is 16.4. The number of carbonyl (C=O) groups excluding carboxylic acids is 2. The molecule has 12 nitrogen and oxygen atoms in total. The van der Waals surface area contributed by atoms with Crippen molar-refractivity contribution >= 4 is 22.1 Å². The fraction of sp³-hybridized carbons (Fsp3) is 0.911. The molecular weight excluding hydrogens is 765 g/mol. The van der Waals surface area contributed by atoms with Gasteiger partial charge in [0.15, 0.2) is 12.4 Å². The normalized spacial score (nSPS) is 20.4. The van der Waals surface area contributed by atoms with Crippen LogP contribution >= 0.6 is 0 Å². The smallest absolute Gasteiger partial charge is 0.306 e. The molecule has 0 aliphatic carbocycles. The van der Waals surface area contributed by atoms with E-state index < -0.39 is 71.2 Å². The van der Waals surface area contributed by atoms with E-state index in [0.29, 0.717) is 12.8 Å². The van der Waals surface area contributed by atoms with E-state index in [-0.39, 0.29) is 19.4 Å². The van der Waals surface area contributed by atoms with Gasteiger partial charge in [-0.2, -0.15) is 8.42 Å². The van der Waals surface area contributed by atoms with Gasteiger partial charge in [-0.25, -0.2) is 0 Å². The Labute approximate surface area is 352 Å². The standard InChI is InChI=1S/C45H84O12S/c1-3-5-7-9-11-13-15-17-19-21-23-25-27-29-31-33-40(46)54-35-38(36-55-45-44(50)43(49)42(48)39(57-45)37-58(51,52)53)56-41(47)34-32-30-28-26-24-22-20-18-16-14-12-10-8-6-4-2/h9,11,38-39,42-45,48-50H,3-8,10,12-37H2,1-2H3,(H,51,52,53)/b11-9+/t38-,39-,42-,43?,44?,45+/m1/s1. The summed E-state index contributed by atoms with van der Waals surface area (Å²) in [6.07, 6.45) is 28.2. The number of hydrogen-bond acceptors (Lipinski definition) is 11. The Hall–Kier alpha value is -1.61. The Morgan fingerprint density at radius 3 is 1.48 bits per heavy atom. The van der Waals surface area contributed by atoms with Crippen LogP contribution < -0.4 is 0 Å². The van der Waals surface area contributed by atoms with Crippen LogP contribution in [0.15, 0.2) is 12.2 Å². The highest BCUT2D eigenvalue weighted by Gasteiger charge is 2.46. The van der Waals surface area contributed by atoms with Gasteiger partial charge in [0, 0.05) is 12.8 Å². The predicted octanol–water partition coefficient (Wildman–Crippen LogP) is 9.45. The summed E-state index contributed by atoms with van der Waals surface area (Å²) in [6.45, 7) is 3.75. The van der Waals surface area contributed by atoms with E-state index in [4.69, 9.17) is 18.9 Å². The lowest BCUT2D eigenvalue weighted by Crippen LogP contribution is -2.60. The van der Waals surface area contributed by atoms with Gasteiger partial charge >= 0.3 is 11.9 Å². The van der Waals surface area contributed by atoms with Crippen LogP contribution in [0.4, 0.5) is 0 Å². The molecule has 0 aromatic heterocycles. The first-order valence-electron chi connectivity index (χ1n) is 23.2. The van der Waals surface area contributed by atoms with Gasteiger partial charge in [0.25, 0.3) is 10.1 Å². The molecule has 2 unspecified atom stereocenters. The number of aliphatic hydroxyl groups excluding tert-OH is 3. The van der Waals surface area contributed by atoms with Crippen LogP contribution in [0.25, 0.3) is 0 Å². The van der Waals surface area contributed by atoms with E-state index in [0.717, 1.165) is 38.5 Å². The molecule has 0 amide bonds. The molecule has 1 aliphatic heterocycles. The van der Waals surface area contributed by atoms with Crippen LogP contribution in [-0.2, 0) is 38.7 Å². The summed E-state index contributed by atoms with van der Waals surface area (Å²) < 4.78 is 54.1. The van der Waals surface area contributed by atoms with Crippen molar-refractivity contribution in [2.45, 2.75) is 243 Å². The molecule has 0 radical (unpaired) electrons. The first kappa shape index (κ1) is 54.4. The monoisotopic (exact) mass is 849 g/mol. The molecule has 0 aromatic carbocycles. The Morgan fingerprint density at radius 2 is 1.00 bits per heavy atom. The number of rotatable bonds is 39. The molecule has 0 bridgehead atoms. The largest absolute Gasteiger partial charge is 0.462 e. The van der Waals surface area contributed by atoms with E-state index >= 15 is 0 Å². The van der Waals surface area contributed by atoms with Gasteiger partial charge in [-0.1, -0.05) is 174 Å². The summed E-state index contributed by atoms with van der Waals surface area (Å²) in [7, 11) is -4.60. The van der Waals surface area contributed by atoms with Gasteiger partial charge in [0.2, 0.25) is 0 Å². The van der Waals surface area contributed by atoms with Crippen LogP contribution in [0.2, 0.25) is 0 Å². The Bertz CT molecular complexity index is 1130. The van der Waals surface area contributed by atoms with E-state index in [1.54, 1.807) is 0 Å². The third kappa shape index (κ3) is 30.4. The molecule has 6 atom stereocenters. The van der Waals surface area contributed by atoms with Crippen molar-refractivity contribution in [3.05, 3.63) is 12.2 Å². The van der Waals surface area contributed by atoms with Crippen molar-refractivity contribution in [2.24, 2.45) is 0 Å². The summed E-state index contributed by atoms with van der Waals surface area (Å²) in [5.41, 5.74) is 0. The lowest BCUT2D eigenvalue weighted by atomic mass is 10.00. The van der Waals surface area contributed by atoms with Crippen molar-refractivity contribution in [2.75, 3.05) is 19.0 Å². The molecule has 1 fully saturated rings. The van der Waals surface area contributed by atoms with Gasteiger partial charge in [-0.05, 0) is 32.1 Å². The minimum absolute atomic E-state index is 0.170. The molecule has 1 saturated heterocycles. The molecule has 0 aromatic rings. The molecule has 1 rings (SSSR count). The Kier molecular flexibility index (Phi) is 33.8. The van der Waals surface area contributed by atoms with E-state index in [9.17, 15) is 37.9 Å². The summed E-state index contributed by atoms with van der Waals surface area (Å²) >= 11 is 0. The topological polar surface area (TPSA) is 186 Å². The second kappa shape index (κ2) is 36.1. The van der Waals surface area contributed by atoms with Crippen molar-refractivity contribution in [1.82, 2.24) is 0 Å². The van der Waals surface area contributed by atoms with Gasteiger partial charge < -0.3 is 34.3 Å². The van der Waals surface area contributed by atoms with Crippen molar-refractivity contribution < 1.29 is 56.8 Å². The van der Waals surface area contributed by atoms with Crippen LogP contribution in [-0.4, -0.2) is 96.0 Å². The highest BCUT2D eigenvalue weighted by molar-refractivity contribution is 7.85. The first-order chi connectivity index (χ1) is 28.0. The summed E-state index contributed by atoms with van der Waals surface area (Å²) in [5.74, 6) is -1.97. The zero-order chi connectivity index (χ0) is 42.7. The molecule has 58 heavy (non-hydrogen) atoms. The highest BCUT2D eigenvalue weighted by Crippen LogP contribution is 2.24. The van der Waals surface area contributed by atoms with E-state index in [1.165, 1.54) is 128 Å². The molecule has 1 heterocycles. The maximum atomic E-state index is 12.8. The summed E-state index contributed by atoms with van der Waals surface area (Å²) in [5, 5.41) is 30.9. The average molecular weight is 849 g/mol. The third-order valence-corrected chi connectivity index (χ3v) is 11.6.